The van der Waals surface area contributed by atoms with E-state index < -0.39 is 11.7 Å². The van der Waals surface area contributed by atoms with Gasteiger partial charge in [0.1, 0.15) is 11.9 Å². The van der Waals surface area contributed by atoms with Crippen LogP contribution in [0, 0.1) is 0 Å². The standard InChI is InChI=1S/C8H5FN2O/c9-5-1-2-6-7(3-5)11-8(12)4-10-6/h1-4,6H/t6-/m0/s1. The highest BCUT2D eigenvalue weighted by atomic mass is 19.1. The Morgan fingerprint density at radius 2 is 2.33 bits per heavy atom. The minimum atomic E-state index is -0.430. The van der Waals surface area contributed by atoms with Crippen LogP contribution in [0.5, 0.6) is 0 Å². The Morgan fingerprint density at radius 3 is 3.17 bits per heavy atom. The molecule has 1 amide bonds. The van der Waals surface area contributed by atoms with Crippen LogP contribution >= 0.6 is 0 Å². The lowest BCUT2D eigenvalue weighted by Gasteiger charge is -2.13. The lowest BCUT2D eigenvalue weighted by atomic mass is 10.1. The Labute approximate surface area is 68.0 Å². The van der Waals surface area contributed by atoms with Gasteiger partial charge in [-0.1, -0.05) is 6.08 Å². The van der Waals surface area contributed by atoms with Crippen LogP contribution in [-0.2, 0) is 4.79 Å². The van der Waals surface area contributed by atoms with E-state index in [0.29, 0.717) is 5.71 Å². The maximum Gasteiger partial charge on any atom is 0.288 e. The molecular formula is C8H5FN2O. The Bertz CT molecular complexity index is 352. The molecule has 0 saturated carbocycles. The van der Waals surface area contributed by atoms with Gasteiger partial charge in [0.2, 0.25) is 0 Å². The van der Waals surface area contributed by atoms with E-state index in [4.69, 9.17) is 0 Å². The largest absolute Gasteiger partial charge is 0.288 e. The van der Waals surface area contributed by atoms with Gasteiger partial charge in [0.05, 0.1) is 11.9 Å². The van der Waals surface area contributed by atoms with Gasteiger partial charge in [-0.2, -0.15) is 0 Å². The number of rotatable bonds is 0. The van der Waals surface area contributed by atoms with E-state index in [1.54, 1.807) is 6.08 Å². The average Bonchev–Trinajstić information content (AvgIpc) is 2.03. The normalized spacial score (nSPS) is 26.4. The van der Waals surface area contributed by atoms with Crippen LogP contribution in [0.3, 0.4) is 0 Å². The molecule has 0 unspecified atom stereocenters. The highest BCUT2D eigenvalue weighted by Gasteiger charge is 2.18. The van der Waals surface area contributed by atoms with Gasteiger partial charge in [0.25, 0.3) is 5.91 Å². The van der Waals surface area contributed by atoms with Crippen molar-refractivity contribution < 1.29 is 9.18 Å². The second-order valence-electron chi connectivity index (χ2n) is 2.49. The summed E-state index contributed by atoms with van der Waals surface area (Å²) in [6.45, 7) is 0. The van der Waals surface area contributed by atoms with E-state index in [0.717, 1.165) is 6.21 Å². The van der Waals surface area contributed by atoms with Gasteiger partial charge >= 0.3 is 0 Å². The molecular weight excluding hydrogens is 159 g/mol. The van der Waals surface area contributed by atoms with Crippen LogP contribution in [0.1, 0.15) is 0 Å². The Kier molecular flexibility index (Phi) is 1.46. The van der Waals surface area contributed by atoms with Crippen LogP contribution in [0.15, 0.2) is 34.0 Å². The van der Waals surface area contributed by atoms with E-state index in [2.05, 4.69) is 9.98 Å². The topological polar surface area (TPSA) is 41.8 Å². The molecule has 0 aromatic carbocycles. The lowest BCUT2D eigenvalue weighted by molar-refractivity contribution is -0.111. The van der Waals surface area contributed by atoms with Crippen molar-refractivity contribution in [2.45, 2.75) is 6.04 Å². The molecule has 0 N–H and O–H groups in total. The number of carbonyl (C=O) groups excluding carboxylic acids is 1. The second-order valence-corrected chi connectivity index (χ2v) is 2.49. The third-order valence-corrected chi connectivity index (χ3v) is 1.61. The highest BCUT2D eigenvalue weighted by molar-refractivity contribution is 6.32. The first kappa shape index (κ1) is 7.09. The molecule has 0 bridgehead atoms. The Balaban J connectivity index is 2.40. The van der Waals surface area contributed by atoms with Crippen molar-refractivity contribution in [3.63, 3.8) is 0 Å². The number of allylic oxidation sites excluding steroid dienone is 2. The molecule has 0 fully saturated rings. The summed E-state index contributed by atoms with van der Waals surface area (Å²) in [6, 6.07) is -0.276. The average molecular weight is 164 g/mol. The zero-order valence-corrected chi connectivity index (χ0v) is 6.07. The summed E-state index contributed by atoms with van der Waals surface area (Å²) in [5.74, 6) is -0.824. The molecule has 4 heteroatoms. The molecule has 12 heavy (non-hydrogen) atoms. The van der Waals surface area contributed by atoms with Crippen molar-refractivity contribution in [3.05, 3.63) is 24.1 Å². The second kappa shape index (κ2) is 2.48. The van der Waals surface area contributed by atoms with E-state index in [1.807, 2.05) is 0 Å². The van der Waals surface area contributed by atoms with E-state index in [9.17, 15) is 9.18 Å². The lowest BCUT2D eigenvalue weighted by Crippen LogP contribution is -2.23. The number of hydrogen-bond acceptors (Lipinski definition) is 2. The van der Waals surface area contributed by atoms with Gasteiger partial charge < -0.3 is 0 Å². The highest BCUT2D eigenvalue weighted by Crippen LogP contribution is 2.14. The molecule has 1 atom stereocenters. The molecule has 1 aliphatic heterocycles. The number of nitrogens with zero attached hydrogens (tertiary/aromatic N) is 2. The molecule has 60 valence electrons. The number of fused-ring (bicyclic) bond motifs is 1. The summed E-state index contributed by atoms with van der Waals surface area (Å²) >= 11 is 0. The number of carbonyl (C=O) groups is 1. The summed E-state index contributed by atoms with van der Waals surface area (Å²) in [7, 11) is 0. The Morgan fingerprint density at radius 1 is 1.50 bits per heavy atom. The summed E-state index contributed by atoms with van der Waals surface area (Å²) in [6.07, 6.45) is 5.25. The summed E-state index contributed by atoms with van der Waals surface area (Å²) in [5.41, 5.74) is 0.377. The van der Waals surface area contributed by atoms with Crippen molar-refractivity contribution >= 4 is 17.8 Å². The van der Waals surface area contributed by atoms with Gasteiger partial charge in [-0.05, 0) is 12.2 Å². The van der Waals surface area contributed by atoms with Crippen molar-refractivity contribution in [2.24, 2.45) is 9.98 Å². The van der Waals surface area contributed by atoms with E-state index in [1.165, 1.54) is 12.2 Å². The maximum atomic E-state index is 12.6. The minimum absolute atomic E-state index is 0.276. The monoisotopic (exact) mass is 164 g/mol. The van der Waals surface area contributed by atoms with E-state index in [-0.39, 0.29) is 6.04 Å². The summed E-state index contributed by atoms with van der Waals surface area (Å²) in [4.78, 5) is 18.2. The fourth-order valence-corrected chi connectivity index (χ4v) is 1.08. The van der Waals surface area contributed by atoms with Crippen molar-refractivity contribution in [2.75, 3.05) is 0 Å². The van der Waals surface area contributed by atoms with Gasteiger partial charge in [-0.3, -0.25) is 9.79 Å². The van der Waals surface area contributed by atoms with Gasteiger partial charge in [-0.25, -0.2) is 9.38 Å². The number of halogens is 1. The molecule has 0 spiro atoms. The zero-order chi connectivity index (χ0) is 8.55. The molecule has 0 aromatic rings. The Hall–Kier alpha value is -1.58. The first-order chi connectivity index (χ1) is 5.75. The number of aliphatic imine (C=N–C) groups is 2. The first-order valence-corrected chi connectivity index (χ1v) is 3.47. The molecule has 0 saturated heterocycles. The quantitative estimate of drug-likeness (QED) is 0.522. The van der Waals surface area contributed by atoms with Gasteiger partial charge in [-0.15, -0.1) is 0 Å². The van der Waals surface area contributed by atoms with Crippen molar-refractivity contribution in [3.8, 4) is 0 Å². The molecule has 2 aliphatic rings. The summed E-state index contributed by atoms with van der Waals surface area (Å²) in [5, 5.41) is 0. The van der Waals surface area contributed by atoms with Crippen LogP contribution in [0.2, 0.25) is 0 Å². The first-order valence-electron chi connectivity index (χ1n) is 3.47. The third kappa shape index (κ3) is 1.11. The maximum absolute atomic E-state index is 12.6. The fourth-order valence-electron chi connectivity index (χ4n) is 1.08. The molecule has 2 rings (SSSR count). The number of hydrogen-bond donors (Lipinski definition) is 0. The SMILES string of the molecule is O=C1C=N[C@H]2C=CC(F)=CC2=N1. The van der Waals surface area contributed by atoms with Gasteiger partial charge in [0, 0.05) is 0 Å². The van der Waals surface area contributed by atoms with Gasteiger partial charge in [0.15, 0.2) is 0 Å². The molecule has 0 aromatic heterocycles. The third-order valence-electron chi connectivity index (χ3n) is 1.61. The molecule has 1 heterocycles. The van der Waals surface area contributed by atoms with Crippen molar-refractivity contribution in [1.29, 1.82) is 0 Å². The molecule has 1 aliphatic carbocycles. The predicted molar refractivity (Wildman–Crippen MR) is 43.1 cm³/mol. The smallest absolute Gasteiger partial charge is 0.273 e. The molecule has 0 radical (unpaired) electrons. The van der Waals surface area contributed by atoms with E-state index >= 15 is 0 Å². The van der Waals surface area contributed by atoms with Crippen LogP contribution < -0.4 is 0 Å². The predicted octanol–water partition coefficient (Wildman–Crippen LogP) is 0.830. The van der Waals surface area contributed by atoms with Crippen LogP contribution in [0.4, 0.5) is 4.39 Å². The molecule has 3 nitrogen and oxygen atoms in total. The fraction of sp³-hybridized carbons (Fsp3) is 0.125. The van der Waals surface area contributed by atoms with Crippen molar-refractivity contribution in [1.82, 2.24) is 0 Å². The summed E-state index contributed by atoms with van der Waals surface area (Å²) < 4.78 is 12.6. The number of amides is 1. The van der Waals surface area contributed by atoms with Crippen LogP contribution in [-0.4, -0.2) is 23.9 Å². The zero-order valence-electron chi connectivity index (χ0n) is 6.07. The minimum Gasteiger partial charge on any atom is -0.273 e. The van der Waals surface area contributed by atoms with Crippen LogP contribution in [0.25, 0.3) is 0 Å².